The second-order valence-corrected chi connectivity index (χ2v) is 4.38. The molecule has 0 aliphatic rings. The molecule has 2 unspecified atom stereocenters. The molecule has 1 aromatic rings. The Balaban J connectivity index is 2.66. The number of hydrogen-bond donors (Lipinski definition) is 1. The average molecular weight is 241 g/mol. The minimum absolute atomic E-state index is 0.137. The maximum absolute atomic E-state index is 11.8. The van der Waals surface area contributed by atoms with Crippen LogP contribution in [0.1, 0.15) is 37.7 Å². The van der Waals surface area contributed by atoms with Gasteiger partial charge in [0.05, 0.1) is 0 Å². The van der Waals surface area contributed by atoms with Gasteiger partial charge < -0.3 is 5.32 Å². The largest absolute Gasteiger partial charge is 0.348 e. The fourth-order valence-electron chi connectivity index (χ4n) is 1.31. The molecular formula is C12H17ClN2O. The molecule has 1 N–H and O–H groups in total. The summed E-state index contributed by atoms with van der Waals surface area (Å²) in [5.41, 5.74) is 0.364. The first-order chi connectivity index (χ1) is 7.54. The number of hydrogen-bond acceptors (Lipinski definition) is 2. The van der Waals surface area contributed by atoms with E-state index in [2.05, 4.69) is 24.1 Å². The molecule has 0 fully saturated rings. The molecule has 3 nitrogen and oxygen atoms in total. The van der Waals surface area contributed by atoms with E-state index >= 15 is 0 Å². The first kappa shape index (κ1) is 13.0. The average Bonchev–Trinajstić information content (AvgIpc) is 2.27. The van der Waals surface area contributed by atoms with Crippen LogP contribution < -0.4 is 5.32 Å². The van der Waals surface area contributed by atoms with Gasteiger partial charge in [-0.1, -0.05) is 37.9 Å². The van der Waals surface area contributed by atoms with E-state index < -0.39 is 0 Å². The first-order valence-electron chi connectivity index (χ1n) is 5.48. The molecule has 0 saturated heterocycles. The molecule has 0 bridgehead atoms. The maximum atomic E-state index is 11.8. The van der Waals surface area contributed by atoms with Gasteiger partial charge in [0.1, 0.15) is 10.8 Å². The molecule has 1 heterocycles. The lowest BCUT2D eigenvalue weighted by molar-refractivity contribution is 0.0923. The summed E-state index contributed by atoms with van der Waals surface area (Å²) in [5.74, 6) is 0.276. The van der Waals surface area contributed by atoms with E-state index in [1.54, 1.807) is 18.2 Å². The van der Waals surface area contributed by atoms with Crippen LogP contribution >= 0.6 is 11.6 Å². The maximum Gasteiger partial charge on any atom is 0.270 e. The number of carbonyl (C=O) groups excluding carboxylic acids is 1. The highest BCUT2D eigenvalue weighted by Crippen LogP contribution is 2.09. The van der Waals surface area contributed by atoms with Gasteiger partial charge >= 0.3 is 0 Å². The number of pyridine rings is 1. The van der Waals surface area contributed by atoms with E-state index in [4.69, 9.17) is 11.6 Å². The number of halogens is 1. The van der Waals surface area contributed by atoms with E-state index in [1.165, 1.54) is 0 Å². The fourth-order valence-corrected chi connectivity index (χ4v) is 1.48. The highest BCUT2D eigenvalue weighted by molar-refractivity contribution is 6.29. The summed E-state index contributed by atoms with van der Waals surface area (Å²) in [6.07, 6.45) is 1.03. The van der Waals surface area contributed by atoms with E-state index in [-0.39, 0.29) is 11.9 Å². The van der Waals surface area contributed by atoms with Crippen LogP contribution in [0.2, 0.25) is 5.15 Å². The van der Waals surface area contributed by atoms with Crippen LogP contribution in [0.5, 0.6) is 0 Å². The lowest BCUT2D eigenvalue weighted by Crippen LogP contribution is -2.37. The minimum Gasteiger partial charge on any atom is -0.348 e. The third-order valence-electron chi connectivity index (χ3n) is 2.80. The Morgan fingerprint density at radius 1 is 1.50 bits per heavy atom. The summed E-state index contributed by atoms with van der Waals surface area (Å²) in [6.45, 7) is 6.21. The zero-order valence-corrected chi connectivity index (χ0v) is 10.6. The second kappa shape index (κ2) is 5.85. The highest BCUT2D eigenvalue weighted by Gasteiger charge is 2.15. The van der Waals surface area contributed by atoms with Crippen LogP contribution in [0.3, 0.4) is 0 Å². The predicted octanol–water partition coefficient (Wildman–Crippen LogP) is 2.90. The number of aromatic nitrogens is 1. The molecule has 1 amide bonds. The third-order valence-corrected chi connectivity index (χ3v) is 3.01. The zero-order chi connectivity index (χ0) is 12.1. The van der Waals surface area contributed by atoms with Crippen molar-refractivity contribution in [1.29, 1.82) is 0 Å². The van der Waals surface area contributed by atoms with Gasteiger partial charge in [-0.15, -0.1) is 0 Å². The molecule has 4 heteroatoms. The van der Waals surface area contributed by atoms with Crippen LogP contribution in [0, 0.1) is 5.92 Å². The summed E-state index contributed by atoms with van der Waals surface area (Å²) in [7, 11) is 0. The molecule has 0 spiro atoms. The molecule has 0 aliphatic heterocycles. The van der Waals surface area contributed by atoms with E-state index in [0.717, 1.165) is 6.42 Å². The van der Waals surface area contributed by atoms with Gasteiger partial charge in [0.25, 0.3) is 5.91 Å². The molecule has 0 saturated carbocycles. The summed E-state index contributed by atoms with van der Waals surface area (Å²) in [4.78, 5) is 15.8. The van der Waals surface area contributed by atoms with Crippen molar-refractivity contribution in [1.82, 2.24) is 10.3 Å². The SMILES string of the molecule is CCC(C)C(C)NC(=O)c1cccc(Cl)n1. The Morgan fingerprint density at radius 2 is 2.19 bits per heavy atom. The normalized spacial score (nSPS) is 14.2. The van der Waals surface area contributed by atoms with Gasteiger partial charge in [-0.25, -0.2) is 4.98 Å². The molecule has 88 valence electrons. The second-order valence-electron chi connectivity index (χ2n) is 3.99. The predicted molar refractivity (Wildman–Crippen MR) is 65.6 cm³/mol. The number of nitrogens with one attached hydrogen (secondary N) is 1. The van der Waals surface area contributed by atoms with Gasteiger partial charge in [0, 0.05) is 6.04 Å². The van der Waals surface area contributed by atoms with Crippen molar-refractivity contribution < 1.29 is 4.79 Å². The van der Waals surface area contributed by atoms with Crippen LogP contribution in [-0.2, 0) is 0 Å². The van der Waals surface area contributed by atoms with Gasteiger partial charge in [0.15, 0.2) is 0 Å². The van der Waals surface area contributed by atoms with Crippen molar-refractivity contribution in [3.05, 3.63) is 29.0 Å². The first-order valence-corrected chi connectivity index (χ1v) is 5.85. The molecule has 0 radical (unpaired) electrons. The van der Waals surface area contributed by atoms with Gasteiger partial charge in [-0.2, -0.15) is 0 Å². The molecule has 16 heavy (non-hydrogen) atoms. The lowest BCUT2D eigenvalue weighted by Gasteiger charge is -2.19. The Kier molecular flexibility index (Phi) is 4.74. The topological polar surface area (TPSA) is 42.0 Å². The summed E-state index contributed by atoms with van der Waals surface area (Å²) in [5, 5.41) is 3.25. The fraction of sp³-hybridized carbons (Fsp3) is 0.500. The van der Waals surface area contributed by atoms with Gasteiger partial charge in [-0.05, 0) is 25.0 Å². The molecule has 0 aliphatic carbocycles. The standard InChI is InChI=1S/C12H17ClN2O/c1-4-8(2)9(3)14-12(16)10-6-5-7-11(13)15-10/h5-9H,4H2,1-3H3,(H,14,16). The monoisotopic (exact) mass is 240 g/mol. The molecular weight excluding hydrogens is 224 g/mol. The highest BCUT2D eigenvalue weighted by atomic mass is 35.5. The van der Waals surface area contributed by atoms with Crippen molar-refractivity contribution in [2.75, 3.05) is 0 Å². The van der Waals surface area contributed by atoms with Crippen LogP contribution in [0.15, 0.2) is 18.2 Å². The van der Waals surface area contributed by atoms with Crippen LogP contribution in [0.25, 0.3) is 0 Å². The van der Waals surface area contributed by atoms with E-state index in [9.17, 15) is 4.79 Å². The van der Waals surface area contributed by atoms with Crippen molar-refractivity contribution in [2.45, 2.75) is 33.2 Å². The Morgan fingerprint density at radius 3 is 2.75 bits per heavy atom. The number of rotatable bonds is 4. The third kappa shape index (κ3) is 3.49. The van der Waals surface area contributed by atoms with Gasteiger partial charge in [0.2, 0.25) is 0 Å². The lowest BCUT2D eigenvalue weighted by atomic mass is 10.0. The number of nitrogens with zero attached hydrogens (tertiary/aromatic N) is 1. The van der Waals surface area contributed by atoms with E-state index in [1.807, 2.05) is 6.92 Å². The van der Waals surface area contributed by atoms with Crippen LogP contribution in [-0.4, -0.2) is 16.9 Å². The van der Waals surface area contributed by atoms with Crippen molar-refractivity contribution in [3.63, 3.8) is 0 Å². The number of carbonyl (C=O) groups is 1. The van der Waals surface area contributed by atoms with Gasteiger partial charge in [-0.3, -0.25) is 4.79 Å². The van der Waals surface area contributed by atoms with Crippen molar-refractivity contribution >= 4 is 17.5 Å². The Bertz CT molecular complexity index is 368. The Hall–Kier alpha value is -1.09. The molecule has 2 atom stereocenters. The summed E-state index contributed by atoms with van der Waals surface area (Å²) in [6, 6.07) is 5.16. The van der Waals surface area contributed by atoms with Crippen molar-refractivity contribution in [2.24, 2.45) is 5.92 Å². The Labute approximate surface area is 101 Å². The smallest absolute Gasteiger partial charge is 0.270 e. The van der Waals surface area contributed by atoms with E-state index in [0.29, 0.717) is 16.8 Å². The summed E-state index contributed by atoms with van der Waals surface area (Å²) < 4.78 is 0. The molecule has 0 aromatic carbocycles. The molecule has 1 aromatic heterocycles. The van der Waals surface area contributed by atoms with Crippen LogP contribution in [0.4, 0.5) is 0 Å². The minimum atomic E-state index is -0.171. The summed E-state index contributed by atoms with van der Waals surface area (Å²) >= 11 is 5.72. The quantitative estimate of drug-likeness (QED) is 0.823. The zero-order valence-electron chi connectivity index (χ0n) is 9.83. The number of amides is 1. The molecule has 1 rings (SSSR count). The van der Waals surface area contributed by atoms with Crippen molar-refractivity contribution in [3.8, 4) is 0 Å².